The Bertz CT molecular complexity index is 1430. The lowest BCUT2D eigenvalue weighted by Gasteiger charge is -2.35. The quantitative estimate of drug-likeness (QED) is 0.364. The molecule has 0 fully saturated rings. The van der Waals surface area contributed by atoms with Gasteiger partial charge in [0.1, 0.15) is 23.4 Å². The summed E-state index contributed by atoms with van der Waals surface area (Å²) < 4.78 is 16.0. The van der Waals surface area contributed by atoms with Crippen LogP contribution in [0.4, 0.5) is 11.4 Å². The van der Waals surface area contributed by atoms with Crippen LogP contribution in [0.25, 0.3) is 11.3 Å². The first kappa shape index (κ1) is 23.6. The fraction of sp³-hybridized carbons (Fsp3) is 0.148. The van der Waals surface area contributed by atoms with E-state index in [2.05, 4.69) is 4.98 Å². The van der Waals surface area contributed by atoms with Crippen molar-refractivity contribution in [2.24, 2.45) is 0 Å². The number of nitrogens with zero attached hydrogens (tertiary/aromatic N) is 2. The molecule has 0 unspecified atom stereocenters. The second-order valence-corrected chi connectivity index (χ2v) is 8.48. The minimum absolute atomic E-state index is 0.126. The van der Waals surface area contributed by atoms with Crippen molar-refractivity contribution in [1.29, 1.82) is 0 Å². The zero-order valence-electron chi connectivity index (χ0n) is 19.3. The lowest BCUT2D eigenvalue weighted by molar-refractivity contribution is 0.0529. The van der Waals surface area contributed by atoms with E-state index in [9.17, 15) is 14.7 Å². The van der Waals surface area contributed by atoms with Crippen LogP contribution in [0, 0.1) is 0 Å². The number of carbonyl (C=O) groups is 2. The molecule has 3 heterocycles. The number of halogens is 1. The highest BCUT2D eigenvalue weighted by Crippen LogP contribution is 2.53. The summed E-state index contributed by atoms with van der Waals surface area (Å²) >= 11 is 6.17. The predicted molar refractivity (Wildman–Crippen MR) is 132 cm³/mol. The summed E-state index contributed by atoms with van der Waals surface area (Å²) in [7, 11) is 2.41. The van der Waals surface area contributed by atoms with E-state index in [1.165, 1.54) is 14.2 Å². The summed E-state index contributed by atoms with van der Waals surface area (Å²) in [6.07, 6.45) is 0.525. The summed E-state index contributed by atoms with van der Waals surface area (Å²) in [6.45, 7) is 0. The van der Waals surface area contributed by atoms with E-state index in [1.807, 2.05) is 6.07 Å². The van der Waals surface area contributed by atoms with Gasteiger partial charge in [0.05, 0.1) is 19.9 Å². The van der Waals surface area contributed by atoms with Crippen LogP contribution in [0.3, 0.4) is 0 Å². The number of carbonyl (C=O) groups excluding carboxylic acids is 2. The third-order valence-corrected chi connectivity index (χ3v) is 6.33. The maximum atomic E-state index is 13.2. The molecular formula is C27H21ClN2O6. The number of esters is 2. The van der Waals surface area contributed by atoms with Crippen LogP contribution in [0.5, 0.6) is 0 Å². The van der Waals surface area contributed by atoms with Gasteiger partial charge in [-0.25, -0.2) is 9.59 Å². The van der Waals surface area contributed by atoms with Crippen LogP contribution in [0.15, 0.2) is 77.3 Å². The molecule has 36 heavy (non-hydrogen) atoms. The van der Waals surface area contributed by atoms with Gasteiger partial charge in [0.25, 0.3) is 0 Å². The first-order chi connectivity index (χ1) is 17.5. The Balaban J connectivity index is 1.93. The number of benzene rings is 2. The molecule has 4 aromatic rings. The molecule has 9 heteroatoms. The molecule has 0 amide bonds. The normalized spacial score (nSPS) is 16.5. The van der Waals surface area contributed by atoms with Gasteiger partial charge in [-0.15, -0.1) is 0 Å². The number of aliphatic hydroxyl groups excluding tert-OH is 1. The first-order valence-corrected chi connectivity index (χ1v) is 11.4. The van der Waals surface area contributed by atoms with Crippen LogP contribution >= 0.6 is 11.6 Å². The first-order valence-electron chi connectivity index (χ1n) is 11.0. The van der Waals surface area contributed by atoms with Crippen molar-refractivity contribution in [3.05, 3.63) is 101 Å². The van der Waals surface area contributed by atoms with Crippen molar-refractivity contribution in [3.63, 3.8) is 0 Å². The summed E-state index contributed by atoms with van der Waals surface area (Å²) in [4.78, 5) is 32.1. The molecule has 0 saturated carbocycles. The smallest absolute Gasteiger partial charge is 0.374 e. The Labute approximate surface area is 211 Å². The molecule has 1 aliphatic heterocycles. The third kappa shape index (κ3) is 3.80. The van der Waals surface area contributed by atoms with Gasteiger partial charge in [0.15, 0.2) is 5.76 Å². The second-order valence-electron chi connectivity index (χ2n) is 8.05. The highest BCUT2D eigenvalue weighted by Gasteiger charge is 2.44. The highest BCUT2D eigenvalue weighted by atomic mass is 35.5. The third-order valence-electron chi connectivity index (χ3n) is 6.08. The van der Waals surface area contributed by atoms with Gasteiger partial charge in [-0.3, -0.25) is 4.98 Å². The minimum Gasteiger partial charge on any atom is -0.465 e. The number of hydrogen-bond donors (Lipinski definition) is 1. The Morgan fingerprint density at radius 1 is 0.972 bits per heavy atom. The van der Waals surface area contributed by atoms with Crippen LogP contribution in [0.2, 0.25) is 5.02 Å². The van der Waals surface area contributed by atoms with Crippen LogP contribution in [-0.2, 0) is 9.47 Å². The van der Waals surface area contributed by atoms with E-state index in [1.54, 1.807) is 71.8 Å². The molecule has 1 N–H and O–H groups in total. The molecule has 5 rings (SSSR count). The zero-order chi connectivity index (χ0) is 25.4. The van der Waals surface area contributed by atoms with Crippen molar-refractivity contribution in [2.45, 2.75) is 12.1 Å². The molecule has 2 aromatic heterocycles. The number of rotatable bonds is 4. The number of anilines is 2. The number of aromatic nitrogens is 1. The topological polar surface area (TPSA) is 102 Å². The van der Waals surface area contributed by atoms with Crippen molar-refractivity contribution >= 4 is 34.9 Å². The van der Waals surface area contributed by atoms with Crippen LogP contribution in [0.1, 0.15) is 44.3 Å². The standard InChI is InChI=1S/C27H21ClN2O6/c1-34-26(32)20-22-24(36-25(20)27(33)35-2)18-8-4-3-7-17(18)23(31)21(19-9-5-6-14-29-19)30(22)16-12-10-15(28)11-13-16/h3-14,21,23,31H,1-2H3/t21-,23-/m1/s1. The van der Waals surface area contributed by atoms with E-state index in [0.29, 0.717) is 27.5 Å². The maximum Gasteiger partial charge on any atom is 0.374 e. The number of fused-ring (bicyclic) bond motifs is 3. The molecular weight excluding hydrogens is 484 g/mol. The predicted octanol–water partition coefficient (Wildman–Crippen LogP) is 5.49. The lowest BCUT2D eigenvalue weighted by Crippen LogP contribution is -2.30. The Hall–Kier alpha value is -4.14. The Morgan fingerprint density at radius 3 is 2.33 bits per heavy atom. The molecule has 0 bridgehead atoms. The lowest BCUT2D eigenvalue weighted by atomic mass is 9.95. The fourth-order valence-electron chi connectivity index (χ4n) is 4.51. The SMILES string of the molecule is COC(=O)c1oc2c(c1C(=O)OC)N(c1ccc(Cl)cc1)[C@H](c1ccccn1)[C@H](O)c1ccccc1-2. The average molecular weight is 505 g/mol. The average Bonchev–Trinajstić information content (AvgIpc) is 3.27. The minimum atomic E-state index is -1.10. The summed E-state index contributed by atoms with van der Waals surface area (Å²) in [5.41, 5.74) is 2.26. The van der Waals surface area contributed by atoms with Gasteiger partial charge >= 0.3 is 11.9 Å². The number of ether oxygens (including phenoxy) is 2. The van der Waals surface area contributed by atoms with Gasteiger partial charge in [0, 0.05) is 22.5 Å². The number of aliphatic hydroxyl groups is 1. The zero-order valence-corrected chi connectivity index (χ0v) is 20.1. The monoisotopic (exact) mass is 504 g/mol. The highest BCUT2D eigenvalue weighted by molar-refractivity contribution is 6.30. The largest absolute Gasteiger partial charge is 0.465 e. The van der Waals surface area contributed by atoms with Crippen LogP contribution < -0.4 is 4.90 Å². The Morgan fingerprint density at radius 2 is 1.67 bits per heavy atom. The van der Waals surface area contributed by atoms with Crippen molar-refractivity contribution in [2.75, 3.05) is 19.1 Å². The van der Waals surface area contributed by atoms with Gasteiger partial charge < -0.3 is 23.9 Å². The maximum absolute atomic E-state index is 13.2. The van der Waals surface area contributed by atoms with E-state index >= 15 is 0 Å². The molecule has 182 valence electrons. The molecule has 8 nitrogen and oxygen atoms in total. The number of methoxy groups -OCH3 is 2. The van der Waals surface area contributed by atoms with Gasteiger partial charge in [-0.2, -0.15) is 0 Å². The molecule has 0 aliphatic carbocycles. The van der Waals surface area contributed by atoms with E-state index < -0.39 is 24.1 Å². The Kier molecular flexibility index (Phi) is 6.22. The van der Waals surface area contributed by atoms with Crippen molar-refractivity contribution in [1.82, 2.24) is 4.98 Å². The van der Waals surface area contributed by atoms with Gasteiger partial charge in [-0.1, -0.05) is 41.9 Å². The fourth-order valence-corrected chi connectivity index (χ4v) is 4.64. The number of furan rings is 1. The molecule has 0 spiro atoms. The summed E-state index contributed by atoms with van der Waals surface area (Å²) in [5.74, 6) is -1.74. The second kappa shape index (κ2) is 9.49. The van der Waals surface area contributed by atoms with Crippen molar-refractivity contribution in [3.8, 4) is 11.3 Å². The molecule has 0 saturated heterocycles. The number of hydrogen-bond acceptors (Lipinski definition) is 8. The molecule has 2 aromatic carbocycles. The van der Waals surface area contributed by atoms with E-state index in [-0.39, 0.29) is 22.8 Å². The number of pyridine rings is 1. The molecule has 0 radical (unpaired) electrons. The van der Waals surface area contributed by atoms with E-state index in [4.69, 9.17) is 25.5 Å². The van der Waals surface area contributed by atoms with Gasteiger partial charge in [0.2, 0.25) is 5.76 Å². The summed E-state index contributed by atoms with van der Waals surface area (Å²) in [5, 5.41) is 12.3. The van der Waals surface area contributed by atoms with Gasteiger partial charge in [-0.05, 0) is 42.0 Å². The molecule has 2 atom stereocenters. The summed E-state index contributed by atoms with van der Waals surface area (Å²) in [6, 6.07) is 18.5. The van der Waals surface area contributed by atoms with Crippen LogP contribution in [-0.4, -0.2) is 36.2 Å². The molecule has 1 aliphatic rings. The van der Waals surface area contributed by atoms with Crippen molar-refractivity contribution < 1.29 is 28.6 Å². The van der Waals surface area contributed by atoms with E-state index in [0.717, 1.165) is 0 Å².